The van der Waals surface area contributed by atoms with Crippen LogP contribution in [0.2, 0.25) is 0 Å². The van der Waals surface area contributed by atoms with Gasteiger partial charge in [-0.05, 0) is 51.8 Å². The van der Waals surface area contributed by atoms with E-state index in [9.17, 15) is 33.6 Å². The fraction of sp³-hybridized carbons (Fsp3) is 0.472. The first-order chi connectivity index (χ1) is 25.2. The highest BCUT2D eigenvalue weighted by Crippen LogP contribution is 2.71. The molecule has 1 spiro atoms. The summed E-state index contributed by atoms with van der Waals surface area (Å²) in [6.07, 6.45) is 2.83. The van der Waals surface area contributed by atoms with E-state index >= 15 is 0 Å². The molecule has 1 aromatic carbocycles. The van der Waals surface area contributed by atoms with Crippen molar-refractivity contribution < 1.29 is 57.2 Å². The molecule has 1 saturated heterocycles. The van der Waals surface area contributed by atoms with Crippen LogP contribution in [0.15, 0.2) is 43.4 Å². The third kappa shape index (κ3) is 6.04. The smallest absolute Gasteiger partial charge is 0.345 e. The Labute approximate surface area is 318 Å². The maximum absolute atomic E-state index is 14.7. The molecule has 0 unspecified atom stereocenters. The maximum Gasteiger partial charge on any atom is 0.345 e. The second kappa shape index (κ2) is 14.5. The zero-order valence-electron chi connectivity index (χ0n) is 30.1. The number of imide groups is 1. The van der Waals surface area contributed by atoms with E-state index < -0.39 is 57.8 Å². The first kappa shape index (κ1) is 38.5. The number of esters is 4. The van der Waals surface area contributed by atoms with Crippen molar-refractivity contribution in [3.8, 4) is 5.75 Å². The Balaban J connectivity index is 1.60. The van der Waals surface area contributed by atoms with Gasteiger partial charge in [0, 0.05) is 16.0 Å². The Morgan fingerprint density at radius 2 is 1.32 bits per heavy atom. The average Bonchev–Trinajstić information content (AvgIpc) is 3.65. The quantitative estimate of drug-likeness (QED) is 0.209. The molecule has 282 valence electrons. The van der Waals surface area contributed by atoms with Gasteiger partial charge in [-0.25, -0.2) is 19.2 Å². The topological polar surface area (TPSA) is 172 Å². The number of nitrogens with zero attached hydrogens (tertiary/aromatic N) is 2. The van der Waals surface area contributed by atoms with E-state index in [1.807, 2.05) is 0 Å². The van der Waals surface area contributed by atoms with Gasteiger partial charge in [-0.15, -0.1) is 0 Å². The molecule has 3 amide bonds. The lowest BCUT2D eigenvalue weighted by molar-refractivity contribution is -0.143. The number of hydrogen-bond acceptors (Lipinski definition) is 15. The van der Waals surface area contributed by atoms with Crippen LogP contribution in [0, 0.1) is 11.8 Å². The number of amides is 3. The Bertz CT molecular complexity index is 1900. The van der Waals surface area contributed by atoms with Gasteiger partial charge in [0.1, 0.15) is 31.1 Å². The monoisotopic (exact) mass is 786 g/mol. The minimum absolute atomic E-state index is 0.180. The normalized spacial score (nSPS) is 22.7. The van der Waals surface area contributed by atoms with Gasteiger partial charge in [-0.1, -0.05) is 48.1 Å². The lowest BCUT2D eigenvalue weighted by Crippen LogP contribution is -2.56. The molecule has 4 heterocycles. The van der Waals surface area contributed by atoms with Crippen LogP contribution in [0.3, 0.4) is 0 Å². The van der Waals surface area contributed by atoms with Gasteiger partial charge in [0.05, 0.1) is 63.7 Å². The molecule has 17 heteroatoms. The van der Waals surface area contributed by atoms with E-state index in [1.165, 1.54) is 4.90 Å². The Morgan fingerprint density at radius 1 is 0.792 bits per heavy atom. The lowest BCUT2D eigenvalue weighted by atomic mass is 9.81. The van der Waals surface area contributed by atoms with Gasteiger partial charge in [0.2, 0.25) is 17.7 Å². The van der Waals surface area contributed by atoms with Gasteiger partial charge in [0.25, 0.3) is 0 Å². The average molecular weight is 787 g/mol. The summed E-state index contributed by atoms with van der Waals surface area (Å²) >= 11 is 2.50. The number of likely N-dealkylation sites (tertiary alicyclic amines) is 1. The molecule has 2 atom stereocenters. The lowest BCUT2D eigenvalue weighted by Gasteiger charge is -2.51. The van der Waals surface area contributed by atoms with E-state index in [0.29, 0.717) is 40.3 Å². The van der Waals surface area contributed by atoms with E-state index in [4.69, 9.17) is 23.7 Å². The largest absolute Gasteiger partial charge is 0.494 e. The van der Waals surface area contributed by atoms with Crippen molar-refractivity contribution in [1.29, 1.82) is 0 Å². The number of anilines is 1. The molecule has 0 aromatic heterocycles. The molecular weight excluding hydrogens is 749 g/mol. The first-order valence-corrected chi connectivity index (χ1v) is 19.3. The SMILES string of the molecule is CCOc1ccc2c(c1)C1=C(SC(C(=O)OC)=C(C(=O)OC)C13SC(C(=O)OC)=C(C(=O)OC)S3)C(C)(C)N2C(=O)CN1C(=O)[C@@H]2CCCC[C@H]2C1=O. The van der Waals surface area contributed by atoms with Crippen LogP contribution in [0.4, 0.5) is 5.69 Å². The summed E-state index contributed by atoms with van der Waals surface area (Å²) in [5.74, 6) is -5.45. The fourth-order valence-corrected chi connectivity index (χ4v) is 12.6. The summed E-state index contributed by atoms with van der Waals surface area (Å²) < 4.78 is 24.6. The second-order valence-electron chi connectivity index (χ2n) is 13.1. The van der Waals surface area contributed by atoms with Crippen molar-refractivity contribution in [2.24, 2.45) is 11.8 Å². The molecule has 4 aliphatic heterocycles. The molecular formula is C36H38N2O12S3. The Morgan fingerprint density at radius 3 is 1.83 bits per heavy atom. The van der Waals surface area contributed by atoms with Crippen molar-refractivity contribution >= 4 is 88.1 Å². The van der Waals surface area contributed by atoms with Crippen molar-refractivity contribution in [3.05, 3.63) is 49.0 Å². The number of methoxy groups -OCH3 is 4. The van der Waals surface area contributed by atoms with Crippen LogP contribution in [-0.2, 0) is 52.5 Å². The zero-order valence-corrected chi connectivity index (χ0v) is 32.6. The molecule has 1 saturated carbocycles. The molecule has 0 bridgehead atoms. The third-order valence-electron chi connectivity index (χ3n) is 9.90. The van der Waals surface area contributed by atoms with Crippen LogP contribution >= 0.6 is 35.3 Å². The number of fused-ring (bicyclic) bond motifs is 4. The third-order valence-corrected chi connectivity index (χ3v) is 14.5. The number of ether oxygens (including phenoxy) is 5. The van der Waals surface area contributed by atoms with Crippen LogP contribution in [-0.4, -0.2) is 97.7 Å². The van der Waals surface area contributed by atoms with Gasteiger partial charge in [-0.3, -0.25) is 19.3 Å². The second-order valence-corrected chi connectivity index (χ2v) is 16.8. The minimum Gasteiger partial charge on any atom is -0.494 e. The summed E-state index contributed by atoms with van der Waals surface area (Å²) in [4.78, 5) is 98.3. The number of thioether (sulfide) groups is 3. The van der Waals surface area contributed by atoms with E-state index in [0.717, 1.165) is 81.5 Å². The number of benzene rings is 1. The van der Waals surface area contributed by atoms with Gasteiger partial charge in [0.15, 0.2) is 0 Å². The van der Waals surface area contributed by atoms with Crippen LogP contribution in [0.5, 0.6) is 5.75 Å². The summed E-state index contributed by atoms with van der Waals surface area (Å²) in [5.41, 5.74) is -0.498. The number of rotatable bonds is 8. The highest BCUT2D eigenvalue weighted by atomic mass is 32.2. The number of carbonyl (C=O) groups excluding carboxylic acids is 7. The molecule has 0 N–H and O–H groups in total. The molecule has 14 nitrogen and oxygen atoms in total. The maximum atomic E-state index is 14.7. The van der Waals surface area contributed by atoms with Crippen molar-refractivity contribution in [3.63, 3.8) is 0 Å². The van der Waals surface area contributed by atoms with Crippen molar-refractivity contribution in [2.75, 3.05) is 46.5 Å². The minimum atomic E-state index is -1.78. The highest BCUT2D eigenvalue weighted by Gasteiger charge is 2.62. The first-order valence-electron chi connectivity index (χ1n) is 16.8. The summed E-state index contributed by atoms with van der Waals surface area (Å²) in [6.45, 7) is 5.01. The fourth-order valence-electron chi connectivity index (χ4n) is 7.59. The predicted octanol–water partition coefficient (Wildman–Crippen LogP) is 4.18. The zero-order chi connectivity index (χ0) is 38.6. The summed E-state index contributed by atoms with van der Waals surface area (Å²) in [6, 6.07) is 4.99. The molecule has 53 heavy (non-hydrogen) atoms. The Kier molecular flexibility index (Phi) is 10.6. The molecule has 1 aromatic rings. The predicted molar refractivity (Wildman–Crippen MR) is 196 cm³/mol. The Hall–Kier alpha value is -4.22. The van der Waals surface area contributed by atoms with Crippen LogP contribution in [0.1, 0.15) is 52.0 Å². The van der Waals surface area contributed by atoms with E-state index in [1.54, 1.807) is 39.0 Å². The van der Waals surface area contributed by atoms with Crippen LogP contribution in [0.25, 0.3) is 5.57 Å². The van der Waals surface area contributed by atoms with Crippen molar-refractivity contribution in [2.45, 2.75) is 56.1 Å². The van der Waals surface area contributed by atoms with E-state index in [2.05, 4.69) is 0 Å². The summed E-state index contributed by atoms with van der Waals surface area (Å²) in [7, 11) is 4.55. The highest BCUT2D eigenvalue weighted by molar-refractivity contribution is 8.26. The molecule has 0 radical (unpaired) electrons. The van der Waals surface area contributed by atoms with Crippen LogP contribution < -0.4 is 9.64 Å². The number of carbonyl (C=O) groups is 7. The molecule has 2 fully saturated rings. The van der Waals surface area contributed by atoms with Crippen molar-refractivity contribution in [1.82, 2.24) is 4.90 Å². The van der Waals surface area contributed by atoms with Gasteiger partial charge in [-0.2, -0.15) is 0 Å². The summed E-state index contributed by atoms with van der Waals surface area (Å²) in [5, 5.41) is 0. The van der Waals surface area contributed by atoms with E-state index in [-0.39, 0.29) is 38.7 Å². The molecule has 1 aliphatic carbocycles. The molecule has 5 aliphatic rings. The standard InChI is InChI=1S/C36H38N2O12S3/c1-8-50-17-13-14-21-20(15-17)23-28(35(2,3)38(21)22(39)16-37-29(40)18-11-9-10-12-19(18)30(37)41)51-25(32(43)47-5)24(31(42)46-4)36(23)52-26(33(44)48-6)27(53-36)34(45)49-7/h13-15,18-19H,8-12,16H2,1-7H3/t18-,19-/m1/s1. The number of hydrogen-bond donors (Lipinski definition) is 0. The van der Waals surface area contributed by atoms with Gasteiger partial charge >= 0.3 is 23.9 Å². The van der Waals surface area contributed by atoms with Gasteiger partial charge < -0.3 is 28.6 Å². The molecule has 6 rings (SSSR count).